The van der Waals surface area contributed by atoms with Crippen LogP contribution in [0.1, 0.15) is 17.0 Å². The lowest BCUT2D eigenvalue weighted by atomic mass is 10.1. The Kier molecular flexibility index (Phi) is 4.02. The Bertz CT molecular complexity index is 462. The maximum absolute atomic E-state index is 4.64. The predicted molar refractivity (Wildman–Crippen MR) is 74.5 cm³/mol. The van der Waals surface area contributed by atoms with Crippen molar-refractivity contribution < 1.29 is 0 Å². The van der Waals surface area contributed by atoms with Gasteiger partial charge in [0.2, 0.25) is 0 Å². The average Bonchev–Trinajstić information content (AvgIpc) is 2.75. The largest absolute Gasteiger partial charge is 0.241 e. The van der Waals surface area contributed by atoms with E-state index in [-0.39, 0.29) is 0 Å². The van der Waals surface area contributed by atoms with E-state index < -0.39 is 0 Å². The highest BCUT2D eigenvalue weighted by atomic mass is 32.1. The summed E-state index contributed by atoms with van der Waals surface area (Å²) < 4.78 is 0. The molecule has 0 aliphatic heterocycles. The van der Waals surface area contributed by atoms with Gasteiger partial charge in [0.25, 0.3) is 0 Å². The highest BCUT2D eigenvalue weighted by molar-refractivity contribution is 7.80. The lowest BCUT2D eigenvalue weighted by molar-refractivity contribution is 0.923. The lowest BCUT2D eigenvalue weighted by Crippen LogP contribution is -1.85. The fourth-order valence-corrected chi connectivity index (χ4v) is 2.60. The van der Waals surface area contributed by atoms with Crippen LogP contribution >= 0.6 is 24.0 Å². The molecule has 0 unspecified atom stereocenters. The third kappa shape index (κ3) is 2.86. The smallest absolute Gasteiger partial charge is 0.0932 e. The van der Waals surface area contributed by atoms with Crippen LogP contribution in [0, 0.1) is 6.92 Å². The zero-order valence-electron chi connectivity index (χ0n) is 9.31. The number of aromatic nitrogens is 1. The van der Waals surface area contributed by atoms with Crippen molar-refractivity contribution in [2.75, 3.05) is 5.75 Å². The molecular formula is C13H15NS2. The van der Waals surface area contributed by atoms with Gasteiger partial charge in [-0.15, -0.1) is 11.3 Å². The third-order valence-electron chi connectivity index (χ3n) is 2.41. The van der Waals surface area contributed by atoms with Crippen LogP contribution < -0.4 is 0 Å². The molecule has 0 N–H and O–H groups in total. The molecule has 0 amide bonds. The first-order valence-corrected chi connectivity index (χ1v) is 6.93. The van der Waals surface area contributed by atoms with Crippen LogP contribution in [0.2, 0.25) is 0 Å². The summed E-state index contributed by atoms with van der Waals surface area (Å²) >= 11 is 5.96. The number of thiol groups is 1. The second kappa shape index (κ2) is 5.51. The second-order valence-corrected chi connectivity index (χ2v) is 5.21. The molecule has 0 fully saturated rings. The van der Waals surface area contributed by atoms with Crippen molar-refractivity contribution in [3.8, 4) is 11.3 Å². The van der Waals surface area contributed by atoms with Crippen molar-refractivity contribution in [2.24, 2.45) is 0 Å². The molecule has 0 atom stereocenters. The Labute approximate surface area is 106 Å². The quantitative estimate of drug-likeness (QED) is 0.809. The fourth-order valence-electron chi connectivity index (χ4n) is 1.59. The van der Waals surface area contributed by atoms with Gasteiger partial charge in [-0.3, -0.25) is 0 Å². The van der Waals surface area contributed by atoms with Gasteiger partial charge in [-0.1, -0.05) is 23.8 Å². The summed E-state index contributed by atoms with van der Waals surface area (Å²) in [4.78, 5) is 4.64. The topological polar surface area (TPSA) is 12.9 Å². The summed E-state index contributed by atoms with van der Waals surface area (Å²) in [5.41, 5.74) is 3.60. The van der Waals surface area contributed by atoms with Crippen molar-refractivity contribution in [2.45, 2.75) is 19.8 Å². The summed E-state index contributed by atoms with van der Waals surface area (Å²) in [6, 6.07) is 8.48. The zero-order chi connectivity index (χ0) is 11.4. The van der Waals surface area contributed by atoms with Crippen LogP contribution in [-0.4, -0.2) is 10.7 Å². The number of aryl methyl sites for hydroxylation is 2. The van der Waals surface area contributed by atoms with Gasteiger partial charge >= 0.3 is 0 Å². The summed E-state index contributed by atoms with van der Waals surface area (Å²) in [5.74, 6) is 0.930. The molecule has 0 radical (unpaired) electrons. The lowest BCUT2D eigenvalue weighted by Gasteiger charge is -1.97. The van der Waals surface area contributed by atoms with E-state index in [2.05, 4.69) is 54.2 Å². The van der Waals surface area contributed by atoms with Crippen molar-refractivity contribution in [1.29, 1.82) is 0 Å². The molecule has 0 saturated carbocycles. The molecule has 0 saturated heterocycles. The molecular weight excluding hydrogens is 234 g/mol. The van der Waals surface area contributed by atoms with E-state index in [9.17, 15) is 0 Å². The molecule has 2 rings (SSSR count). The number of benzene rings is 1. The molecule has 0 aliphatic carbocycles. The summed E-state index contributed by atoms with van der Waals surface area (Å²) in [5, 5.41) is 3.35. The maximum atomic E-state index is 4.64. The van der Waals surface area contributed by atoms with Gasteiger partial charge in [0.15, 0.2) is 0 Å². The van der Waals surface area contributed by atoms with E-state index in [1.54, 1.807) is 11.3 Å². The van der Waals surface area contributed by atoms with E-state index in [4.69, 9.17) is 0 Å². The average molecular weight is 249 g/mol. The van der Waals surface area contributed by atoms with Crippen LogP contribution in [0.4, 0.5) is 0 Å². The Morgan fingerprint density at radius 1 is 1.38 bits per heavy atom. The van der Waals surface area contributed by atoms with Gasteiger partial charge < -0.3 is 0 Å². The molecule has 1 nitrogen and oxygen atoms in total. The zero-order valence-corrected chi connectivity index (χ0v) is 11.0. The van der Waals surface area contributed by atoms with Gasteiger partial charge in [0, 0.05) is 17.4 Å². The van der Waals surface area contributed by atoms with Gasteiger partial charge in [0.05, 0.1) is 10.7 Å². The highest BCUT2D eigenvalue weighted by Gasteiger charge is 2.04. The minimum atomic E-state index is 0.930. The van der Waals surface area contributed by atoms with Crippen LogP contribution in [0.5, 0.6) is 0 Å². The van der Waals surface area contributed by atoms with E-state index in [1.807, 2.05) is 0 Å². The molecule has 16 heavy (non-hydrogen) atoms. The first-order valence-electron chi connectivity index (χ1n) is 5.42. The second-order valence-electron chi connectivity index (χ2n) is 3.82. The predicted octanol–water partition coefficient (Wildman–Crippen LogP) is 3.98. The number of rotatable bonds is 4. The summed E-state index contributed by atoms with van der Waals surface area (Å²) in [6.45, 7) is 2.11. The monoisotopic (exact) mass is 249 g/mol. The fraction of sp³-hybridized carbons (Fsp3) is 0.308. The van der Waals surface area contributed by atoms with E-state index in [0.717, 1.165) is 24.3 Å². The first-order chi connectivity index (χ1) is 7.79. The number of hydrogen-bond donors (Lipinski definition) is 1. The molecule has 1 heterocycles. The molecule has 84 valence electrons. The van der Waals surface area contributed by atoms with Crippen LogP contribution in [-0.2, 0) is 6.42 Å². The van der Waals surface area contributed by atoms with Gasteiger partial charge in [-0.25, -0.2) is 4.98 Å². The molecule has 1 aromatic heterocycles. The third-order valence-corrected chi connectivity index (χ3v) is 3.64. The Morgan fingerprint density at radius 2 is 2.25 bits per heavy atom. The molecule has 3 heteroatoms. The van der Waals surface area contributed by atoms with Crippen molar-refractivity contribution in [3.05, 3.63) is 40.2 Å². The normalized spacial score (nSPS) is 10.6. The maximum Gasteiger partial charge on any atom is 0.0932 e. The van der Waals surface area contributed by atoms with Crippen molar-refractivity contribution >= 4 is 24.0 Å². The summed E-state index contributed by atoms with van der Waals surface area (Å²) in [6.07, 6.45) is 2.14. The minimum absolute atomic E-state index is 0.930. The minimum Gasteiger partial charge on any atom is -0.241 e. The molecule has 1 aromatic carbocycles. The standard InChI is InChI=1S/C13H15NS2/c1-10-4-2-5-11(8-10)12-9-16-13(14-12)6-3-7-15/h2,4-5,8-9,15H,3,6-7H2,1H3. The molecule has 0 aliphatic rings. The first kappa shape index (κ1) is 11.7. The van der Waals surface area contributed by atoms with E-state index in [0.29, 0.717) is 0 Å². The number of nitrogens with zero attached hydrogens (tertiary/aromatic N) is 1. The van der Waals surface area contributed by atoms with Gasteiger partial charge in [-0.05, 0) is 25.2 Å². The highest BCUT2D eigenvalue weighted by Crippen LogP contribution is 2.23. The van der Waals surface area contributed by atoms with Gasteiger partial charge in [-0.2, -0.15) is 12.6 Å². The van der Waals surface area contributed by atoms with E-state index in [1.165, 1.54) is 16.1 Å². The molecule has 2 aromatic rings. The van der Waals surface area contributed by atoms with E-state index >= 15 is 0 Å². The van der Waals surface area contributed by atoms with Crippen LogP contribution in [0.25, 0.3) is 11.3 Å². The van der Waals surface area contributed by atoms with Crippen molar-refractivity contribution in [1.82, 2.24) is 4.98 Å². The van der Waals surface area contributed by atoms with Crippen molar-refractivity contribution in [3.63, 3.8) is 0 Å². The Morgan fingerprint density at radius 3 is 3.00 bits per heavy atom. The Balaban J connectivity index is 2.18. The Hall–Kier alpha value is -0.800. The molecule has 0 bridgehead atoms. The number of hydrogen-bond acceptors (Lipinski definition) is 3. The van der Waals surface area contributed by atoms with Crippen LogP contribution in [0.3, 0.4) is 0 Å². The van der Waals surface area contributed by atoms with Crippen LogP contribution in [0.15, 0.2) is 29.6 Å². The number of thiazole rings is 1. The molecule has 0 spiro atoms. The summed E-state index contributed by atoms with van der Waals surface area (Å²) in [7, 11) is 0. The van der Waals surface area contributed by atoms with Gasteiger partial charge in [0.1, 0.15) is 0 Å². The SMILES string of the molecule is Cc1cccc(-c2csc(CCCS)n2)c1.